The molecular weight excluding hydrogens is 420 g/mol. The normalized spacial score (nSPS) is 22.7. The maximum atomic E-state index is 11.8. The van der Waals surface area contributed by atoms with Crippen molar-refractivity contribution in [2.24, 2.45) is 5.92 Å². The van der Waals surface area contributed by atoms with Crippen LogP contribution in [0, 0.1) is 12.8 Å². The number of cyclic esters (lactones) is 1. The van der Waals surface area contributed by atoms with E-state index in [1.54, 1.807) is 18.6 Å². The summed E-state index contributed by atoms with van der Waals surface area (Å²) in [7, 11) is 0. The fourth-order valence-corrected chi connectivity index (χ4v) is 5.80. The molecule has 9 heteroatoms. The monoisotopic (exact) mass is 448 g/mol. The van der Waals surface area contributed by atoms with Crippen LogP contribution in [0.3, 0.4) is 0 Å². The number of β-amino-alcohol motifs (C(OH)–C–C–N with tert-alkyl or cyclic N) is 1. The summed E-state index contributed by atoms with van der Waals surface area (Å²) in [5, 5.41) is 23.0. The highest BCUT2D eigenvalue weighted by atomic mass is 16.5. The Kier molecular flexibility index (Phi) is 4.84. The van der Waals surface area contributed by atoms with Gasteiger partial charge in [0.15, 0.2) is 5.82 Å². The molecule has 3 aromatic rings. The largest absolute Gasteiger partial charge is 0.457 e. The van der Waals surface area contributed by atoms with E-state index in [4.69, 9.17) is 4.74 Å². The zero-order chi connectivity index (χ0) is 22.6. The number of hydrogen-bond donors (Lipinski definition) is 2. The summed E-state index contributed by atoms with van der Waals surface area (Å²) in [5.41, 5.74) is 4.15. The van der Waals surface area contributed by atoms with Gasteiger partial charge in [-0.05, 0) is 62.3 Å². The van der Waals surface area contributed by atoms with Crippen LogP contribution in [-0.4, -0.2) is 60.7 Å². The highest BCUT2D eigenvalue weighted by Crippen LogP contribution is 2.45. The van der Waals surface area contributed by atoms with E-state index in [0.29, 0.717) is 24.6 Å². The van der Waals surface area contributed by atoms with Crippen LogP contribution >= 0.6 is 0 Å². The number of fused-ring (bicyclic) bond motifs is 2. The number of rotatable bonds is 6. The van der Waals surface area contributed by atoms with Crippen LogP contribution in [0.2, 0.25) is 0 Å². The fraction of sp³-hybridized carbons (Fsp3) is 0.500. The SMILES string of the molecule is Cc1c(C(O)CN2CCC(C3(Nc4nccn5cnnc45)CCC3)C2)ccc2c1COC2=O. The number of hydrogen-bond acceptors (Lipinski definition) is 8. The molecular formula is C24H28N6O3. The van der Waals surface area contributed by atoms with Gasteiger partial charge in [-0.25, -0.2) is 9.78 Å². The number of nitrogens with one attached hydrogen (secondary N) is 1. The summed E-state index contributed by atoms with van der Waals surface area (Å²) in [4.78, 5) is 18.7. The number of anilines is 1. The van der Waals surface area contributed by atoms with Crippen molar-refractivity contribution in [2.45, 2.75) is 50.9 Å². The number of aliphatic hydroxyl groups is 1. The third-order valence-corrected chi connectivity index (χ3v) is 7.88. The van der Waals surface area contributed by atoms with E-state index in [-0.39, 0.29) is 11.5 Å². The van der Waals surface area contributed by atoms with Crippen LogP contribution in [0.5, 0.6) is 0 Å². The average Bonchev–Trinajstić information content (AvgIpc) is 3.52. The number of likely N-dealkylation sites (tertiary alicyclic amines) is 1. The van der Waals surface area contributed by atoms with Gasteiger partial charge >= 0.3 is 5.97 Å². The van der Waals surface area contributed by atoms with Crippen molar-refractivity contribution in [3.8, 4) is 0 Å². The summed E-state index contributed by atoms with van der Waals surface area (Å²) in [6.45, 7) is 4.74. The Hall–Kier alpha value is -3.04. The zero-order valence-electron chi connectivity index (χ0n) is 18.7. The second-order valence-electron chi connectivity index (χ2n) is 9.62. The lowest BCUT2D eigenvalue weighted by atomic mass is 9.67. The summed E-state index contributed by atoms with van der Waals surface area (Å²) in [5.74, 6) is 1.00. The molecule has 1 aliphatic carbocycles. The Balaban J connectivity index is 1.15. The Labute approximate surface area is 191 Å². The first kappa shape index (κ1) is 20.6. The lowest BCUT2D eigenvalue weighted by molar-refractivity contribution is 0.0535. The number of aliphatic hydroxyl groups excluding tert-OH is 1. The third-order valence-electron chi connectivity index (χ3n) is 7.88. The molecule has 2 fully saturated rings. The Morgan fingerprint density at radius 2 is 2.24 bits per heavy atom. The van der Waals surface area contributed by atoms with Crippen molar-refractivity contribution in [1.29, 1.82) is 0 Å². The van der Waals surface area contributed by atoms with E-state index < -0.39 is 6.10 Å². The minimum absolute atomic E-state index is 0.0156. The van der Waals surface area contributed by atoms with Gasteiger partial charge in [-0.2, -0.15) is 0 Å². The standard InChI is InChI=1S/C24H28N6O3/c1-15-17(3-4-18-19(15)13-33-23(18)32)20(31)12-29-9-5-16(11-29)24(6-2-7-24)27-21-22-28-26-14-30(22)10-8-25-21/h3-4,8,10,14,16,20,31H,2,5-7,9,11-13H2,1H3,(H,25,27). The molecule has 1 aromatic carbocycles. The van der Waals surface area contributed by atoms with Crippen molar-refractivity contribution < 1.29 is 14.6 Å². The number of ether oxygens (including phenoxy) is 1. The van der Waals surface area contributed by atoms with Crippen molar-refractivity contribution in [3.05, 3.63) is 53.1 Å². The van der Waals surface area contributed by atoms with Gasteiger partial charge in [-0.1, -0.05) is 6.07 Å². The molecule has 2 unspecified atom stereocenters. The molecule has 0 amide bonds. The Morgan fingerprint density at radius 1 is 1.36 bits per heavy atom. The van der Waals surface area contributed by atoms with Gasteiger partial charge < -0.3 is 20.1 Å². The molecule has 33 heavy (non-hydrogen) atoms. The first-order chi connectivity index (χ1) is 16.0. The fourth-order valence-electron chi connectivity index (χ4n) is 5.80. The van der Waals surface area contributed by atoms with Gasteiger partial charge in [-0.15, -0.1) is 10.2 Å². The molecule has 1 saturated carbocycles. The smallest absolute Gasteiger partial charge is 0.338 e. The lowest BCUT2D eigenvalue weighted by Crippen LogP contribution is -2.52. The van der Waals surface area contributed by atoms with E-state index in [1.807, 2.05) is 23.6 Å². The van der Waals surface area contributed by atoms with Crippen LogP contribution < -0.4 is 5.32 Å². The van der Waals surface area contributed by atoms with Crippen LogP contribution in [0.1, 0.15) is 58.8 Å². The van der Waals surface area contributed by atoms with E-state index in [1.165, 1.54) is 6.42 Å². The minimum atomic E-state index is -0.596. The van der Waals surface area contributed by atoms with E-state index >= 15 is 0 Å². The summed E-state index contributed by atoms with van der Waals surface area (Å²) >= 11 is 0. The predicted octanol–water partition coefficient (Wildman–Crippen LogP) is 2.49. The minimum Gasteiger partial charge on any atom is -0.457 e. The lowest BCUT2D eigenvalue weighted by Gasteiger charge is -2.47. The van der Waals surface area contributed by atoms with Gasteiger partial charge in [0.25, 0.3) is 0 Å². The molecule has 3 aliphatic rings. The van der Waals surface area contributed by atoms with Crippen LogP contribution in [0.15, 0.2) is 30.9 Å². The Bertz CT molecular complexity index is 1220. The molecule has 2 N–H and O–H groups in total. The molecule has 0 bridgehead atoms. The molecule has 2 aromatic heterocycles. The molecule has 2 atom stereocenters. The summed E-state index contributed by atoms with van der Waals surface area (Å²) in [6, 6.07) is 3.66. The van der Waals surface area contributed by atoms with Gasteiger partial charge in [0.2, 0.25) is 5.65 Å². The number of carbonyl (C=O) groups excluding carboxylic acids is 1. The second-order valence-corrected chi connectivity index (χ2v) is 9.62. The first-order valence-electron chi connectivity index (χ1n) is 11.7. The number of nitrogens with zero attached hydrogens (tertiary/aromatic N) is 5. The Morgan fingerprint density at radius 3 is 3.06 bits per heavy atom. The third kappa shape index (κ3) is 3.38. The van der Waals surface area contributed by atoms with E-state index in [9.17, 15) is 9.90 Å². The zero-order valence-corrected chi connectivity index (χ0v) is 18.7. The second kappa shape index (κ2) is 7.78. The molecule has 1 saturated heterocycles. The quantitative estimate of drug-likeness (QED) is 0.554. The van der Waals surface area contributed by atoms with Crippen molar-refractivity contribution in [2.75, 3.05) is 25.0 Å². The molecule has 2 aliphatic heterocycles. The summed E-state index contributed by atoms with van der Waals surface area (Å²) in [6.07, 6.45) is 9.25. The van der Waals surface area contributed by atoms with Gasteiger partial charge in [0.1, 0.15) is 12.9 Å². The van der Waals surface area contributed by atoms with Crippen molar-refractivity contribution in [3.63, 3.8) is 0 Å². The topological polar surface area (TPSA) is 105 Å². The van der Waals surface area contributed by atoms with Crippen molar-refractivity contribution >= 4 is 17.4 Å². The van der Waals surface area contributed by atoms with Gasteiger partial charge in [-0.3, -0.25) is 4.40 Å². The van der Waals surface area contributed by atoms with Crippen molar-refractivity contribution in [1.82, 2.24) is 24.5 Å². The molecule has 0 radical (unpaired) electrons. The average molecular weight is 449 g/mol. The maximum absolute atomic E-state index is 11.8. The van der Waals surface area contributed by atoms with E-state index in [2.05, 4.69) is 25.4 Å². The number of esters is 1. The van der Waals surface area contributed by atoms with Crippen LogP contribution in [0.25, 0.3) is 5.65 Å². The number of carbonyl (C=O) groups is 1. The highest BCUT2D eigenvalue weighted by Gasteiger charge is 2.47. The molecule has 4 heterocycles. The molecule has 172 valence electrons. The number of benzene rings is 1. The van der Waals surface area contributed by atoms with Crippen LogP contribution in [-0.2, 0) is 11.3 Å². The van der Waals surface area contributed by atoms with Gasteiger partial charge in [0.05, 0.1) is 11.7 Å². The van der Waals surface area contributed by atoms with Crippen LogP contribution in [0.4, 0.5) is 5.82 Å². The first-order valence-corrected chi connectivity index (χ1v) is 11.7. The van der Waals surface area contributed by atoms with E-state index in [0.717, 1.165) is 60.5 Å². The molecule has 9 nitrogen and oxygen atoms in total. The number of aromatic nitrogens is 4. The summed E-state index contributed by atoms with van der Waals surface area (Å²) < 4.78 is 7.05. The predicted molar refractivity (Wildman–Crippen MR) is 121 cm³/mol. The highest BCUT2D eigenvalue weighted by molar-refractivity contribution is 5.93. The molecule has 0 spiro atoms. The molecule has 6 rings (SSSR count). The maximum Gasteiger partial charge on any atom is 0.338 e. The van der Waals surface area contributed by atoms with Gasteiger partial charge in [0, 0.05) is 36.6 Å².